The van der Waals surface area contributed by atoms with Crippen molar-refractivity contribution in [3.63, 3.8) is 0 Å². The van der Waals surface area contributed by atoms with Gasteiger partial charge >= 0.3 is 0 Å². The monoisotopic (exact) mass is 228 g/mol. The third-order valence-electron chi connectivity index (χ3n) is 2.99. The van der Waals surface area contributed by atoms with Crippen LogP contribution in [0.1, 0.15) is 30.9 Å². The predicted octanol–water partition coefficient (Wildman–Crippen LogP) is 3.31. The lowest BCUT2D eigenvalue weighted by molar-refractivity contribution is -0.116. The summed E-state index contributed by atoms with van der Waals surface area (Å²) >= 11 is 0. The van der Waals surface area contributed by atoms with Gasteiger partial charge in [-0.1, -0.05) is 37.3 Å². The Kier molecular flexibility index (Phi) is 3.43. The van der Waals surface area contributed by atoms with E-state index in [2.05, 4.69) is 0 Å². The Morgan fingerprint density at radius 1 is 1.29 bits per heavy atom. The van der Waals surface area contributed by atoms with Gasteiger partial charge in [-0.15, -0.1) is 0 Å². The van der Waals surface area contributed by atoms with Crippen molar-refractivity contribution in [2.75, 3.05) is 6.61 Å². The van der Waals surface area contributed by atoms with E-state index in [4.69, 9.17) is 4.74 Å². The van der Waals surface area contributed by atoms with Crippen molar-refractivity contribution >= 4 is 11.9 Å². The minimum atomic E-state index is -0.131. The fourth-order valence-electron chi connectivity index (χ4n) is 2.00. The summed E-state index contributed by atoms with van der Waals surface area (Å²) in [6, 6.07) is 7.99. The fourth-order valence-corrected chi connectivity index (χ4v) is 2.00. The third kappa shape index (κ3) is 2.47. The summed E-state index contributed by atoms with van der Waals surface area (Å²) in [6.07, 6.45) is 5.52. The molecule has 0 bridgehead atoms. The number of benzene rings is 1. The lowest BCUT2D eigenvalue weighted by Crippen LogP contribution is -2.12. The first-order chi connectivity index (χ1) is 8.20. The molecule has 0 amide bonds. The van der Waals surface area contributed by atoms with Crippen molar-refractivity contribution < 1.29 is 9.53 Å². The van der Waals surface area contributed by atoms with Gasteiger partial charge in [-0.25, -0.2) is 0 Å². The zero-order chi connectivity index (χ0) is 12.3. The van der Waals surface area contributed by atoms with Crippen molar-refractivity contribution in [3.05, 3.63) is 53.3 Å². The van der Waals surface area contributed by atoms with Gasteiger partial charge in [0.05, 0.1) is 6.26 Å². The smallest absolute Gasteiger partial charge is 0.168 e. The topological polar surface area (TPSA) is 26.3 Å². The minimum Gasteiger partial charge on any atom is -0.497 e. The molecule has 0 aliphatic carbocycles. The molecule has 1 atom stereocenters. The highest BCUT2D eigenvalue weighted by molar-refractivity contribution is 5.99. The van der Waals surface area contributed by atoms with Crippen LogP contribution in [0, 0.1) is 0 Å². The summed E-state index contributed by atoms with van der Waals surface area (Å²) in [5.41, 5.74) is 2.83. The highest BCUT2D eigenvalue weighted by atomic mass is 16.5. The highest BCUT2D eigenvalue weighted by Gasteiger charge is 2.19. The Morgan fingerprint density at radius 2 is 2.06 bits per heavy atom. The van der Waals surface area contributed by atoms with Gasteiger partial charge in [-0.05, 0) is 24.1 Å². The van der Waals surface area contributed by atoms with Crippen molar-refractivity contribution in [2.45, 2.75) is 19.8 Å². The first kappa shape index (κ1) is 11.6. The molecule has 0 saturated carbocycles. The second kappa shape index (κ2) is 5.00. The van der Waals surface area contributed by atoms with E-state index in [0.717, 1.165) is 11.1 Å². The van der Waals surface area contributed by atoms with Crippen LogP contribution < -0.4 is 0 Å². The van der Waals surface area contributed by atoms with Crippen LogP contribution in [0.2, 0.25) is 0 Å². The van der Waals surface area contributed by atoms with Gasteiger partial charge in [-0.3, -0.25) is 4.79 Å². The van der Waals surface area contributed by atoms with Crippen LogP contribution in [0.25, 0.3) is 6.08 Å². The summed E-state index contributed by atoms with van der Waals surface area (Å²) in [6.45, 7) is 4.23. The van der Waals surface area contributed by atoms with Gasteiger partial charge in [0.25, 0.3) is 0 Å². The second-order valence-corrected chi connectivity index (χ2v) is 4.25. The van der Waals surface area contributed by atoms with Crippen molar-refractivity contribution in [2.24, 2.45) is 0 Å². The molecule has 0 aromatic heterocycles. The van der Waals surface area contributed by atoms with Crippen molar-refractivity contribution in [1.82, 2.24) is 0 Å². The summed E-state index contributed by atoms with van der Waals surface area (Å²) in [5, 5.41) is 0. The maximum Gasteiger partial charge on any atom is 0.168 e. The number of carbonyl (C=O) groups excluding carboxylic acids is 1. The molecule has 1 unspecified atom stereocenters. The van der Waals surface area contributed by atoms with E-state index < -0.39 is 0 Å². The molecule has 0 radical (unpaired) electrons. The molecule has 0 spiro atoms. The Morgan fingerprint density at radius 3 is 2.88 bits per heavy atom. The van der Waals surface area contributed by atoms with Crippen molar-refractivity contribution in [1.29, 1.82) is 0 Å². The Hall–Kier alpha value is -1.83. The summed E-state index contributed by atoms with van der Waals surface area (Å²) in [4.78, 5) is 12.2. The van der Waals surface area contributed by atoms with Crippen LogP contribution in [0.3, 0.4) is 0 Å². The van der Waals surface area contributed by atoms with E-state index in [1.165, 1.54) is 0 Å². The molecule has 2 nitrogen and oxygen atoms in total. The first-order valence-electron chi connectivity index (χ1n) is 5.78. The molecule has 1 aliphatic rings. The van der Waals surface area contributed by atoms with E-state index in [9.17, 15) is 4.79 Å². The van der Waals surface area contributed by atoms with Crippen LogP contribution in [0.4, 0.5) is 0 Å². The largest absolute Gasteiger partial charge is 0.497 e. The standard InChI is InChI=1S/C15H16O2/c1-11-10-17-9-5-7-13-6-3-4-8-14(13)12(2)15(11)16/h3-8,10,12H,9H2,1-2H3/b7-5-,11-10-. The van der Waals surface area contributed by atoms with E-state index in [1.54, 1.807) is 13.2 Å². The first-order valence-corrected chi connectivity index (χ1v) is 5.78. The number of Topliss-reactive ketones (excluding diaryl/α,β-unsaturated/α-hetero) is 1. The molecule has 1 heterocycles. The average molecular weight is 228 g/mol. The molecule has 0 saturated heterocycles. The van der Waals surface area contributed by atoms with Gasteiger partial charge in [0.2, 0.25) is 0 Å². The zero-order valence-corrected chi connectivity index (χ0v) is 10.1. The number of fused-ring (bicyclic) bond motifs is 1. The van der Waals surface area contributed by atoms with Crippen molar-refractivity contribution in [3.8, 4) is 0 Å². The molecular weight excluding hydrogens is 212 g/mol. The van der Waals surface area contributed by atoms with E-state index in [1.807, 2.05) is 43.3 Å². The van der Waals surface area contributed by atoms with Gasteiger partial charge in [-0.2, -0.15) is 0 Å². The molecule has 1 aromatic carbocycles. The number of hydrogen-bond donors (Lipinski definition) is 0. The number of hydrogen-bond acceptors (Lipinski definition) is 2. The zero-order valence-electron chi connectivity index (χ0n) is 10.1. The number of ketones is 1. The number of allylic oxidation sites excluding steroid dienone is 1. The van der Waals surface area contributed by atoms with E-state index in [-0.39, 0.29) is 11.7 Å². The third-order valence-corrected chi connectivity index (χ3v) is 2.99. The lowest BCUT2D eigenvalue weighted by Gasteiger charge is -2.15. The maximum atomic E-state index is 12.2. The molecule has 88 valence electrons. The molecule has 0 fully saturated rings. The SMILES string of the molecule is C/C1=C/OC/C=C\c2ccccc2C(C)C1=O. The maximum absolute atomic E-state index is 12.2. The van der Waals surface area contributed by atoms with Crippen LogP contribution in [0.15, 0.2) is 42.2 Å². The van der Waals surface area contributed by atoms with Gasteiger partial charge in [0, 0.05) is 11.5 Å². The highest BCUT2D eigenvalue weighted by Crippen LogP contribution is 2.25. The summed E-state index contributed by atoms with van der Waals surface area (Å²) in [5.74, 6) is -0.0125. The lowest BCUT2D eigenvalue weighted by atomic mass is 9.89. The van der Waals surface area contributed by atoms with Crippen LogP contribution in [0.5, 0.6) is 0 Å². The molecule has 1 aliphatic heterocycles. The molecule has 17 heavy (non-hydrogen) atoms. The van der Waals surface area contributed by atoms with E-state index >= 15 is 0 Å². The number of carbonyl (C=O) groups is 1. The Balaban J connectivity index is 2.48. The number of ether oxygens (including phenoxy) is 1. The van der Waals surface area contributed by atoms with Gasteiger partial charge < -0.3 is 4.74 Å². The molecule has 0 N–H and O–H groups in total. The molecule has 2 rings (SSSR count). The van der Waals surface area contributed by atoms with Gasteiger partial charge in [0.1, 0.15) is 6.61 Å². The van der Waals surface area contributed by atoms with E-state index in [0.29, 0.717) is 12.2 Å². The second-order valence-electron chi connectivity index (χ2n) is 4.25. The van der Waals surface area contributed by atoms with Crippen LogP contribution in [-0.2, 0) is 9.53 Å². The minimum absolute atomic E-state index is 0.118. The summed E-state index contributed by atoms with van der Waals surface area (Å²) in [7, 11) is 0. The van der Waals surface area contributed by atoms with Gasteiger partial charge in [0.15, 0.2) is 5.78 Å². The average Bonchev–Trinajstić information content (AvgIpc) is 2.36. The number of rotatable bonds is 0. The Bertz CT molecular complexity index is 483. The van der Waals surface area contributed by atoms with Crippen LogP contribution >= 0.6 is 0 Å². The predicted molar refractivity (Wildman–Crippen MR) is 68.6 cm³/mol. The molecular formula is C15H16O2. The normalized spacial score (nSPS) is 25.2. The fraction of sp³-hybridized carbons (Fsp3) is 0.267. The Labute approximate surface area is 102 Å². The molecule has 1 aromatic rings. The van der Waals surface area contributed by atoms with Crippen LogP contribution in [-0.4, -0.2) is 12.4 Å². The summed E-state index contributed by atoms with van der Waals surface area (Å²) < 4.78 is 5.29. The quantitative estimate of drug-likeness (QED) is 0.681. The molecule has 2 heteroatoms.